The first-order chi connectivity index (χ1) is 9.46. The number of aliphatic hydroxyl groups excluding tert-OH is 1. The number of para-hydroxylation sites is 2. The molecule has 4 heteroatoms. The van der Waals surface area contributed by atoms with Gasteiger partial charge in [0, 0.05) is 26.5 Å². The van der Waals surface area contributed by atoms with Gasteiger partial charge in [-0.05, 0) is 32.9 Å². The fraction of sp³-hybridized carbons (Fsp3) is 0.562. The molecular formula is C16H24N2O2. The number of hydrogen-bond donors (Lipinski definition) is 1. The van der Waals surface area contributed by atoms with Gasteiger partial charge in [0.25, 0.3) is 0 Å². The van der Waals surface area contributed by atoms with Gasteiger partial charge in [0.05, 0.1) is 22.7 Å². The Morgan fingerprint density at radius 2 is 2.05 bits per heavy atom. The minimum absolute atomic E-state index is 0.317. The number of rotatable bonds is 6. The molecule has 0 aliphatic carbocycles. The molecule has 1 atom stereocenters. The van der Waals surface area contributed by atoms with Gasteiger partial charge in [-0.3, -0.25) is 0 Å². The lowest BCUT2D eigenvalue weighted by molar-refractivity contribution is -0.0195. The van der Waals surface area contributed by atoms with E-state index in [-0.39, 0.29) is 5.60 Å². The van der Waals surface area contributed by atoms with Crippen LogP contribution >= 0.6 is 0 Å². The molecule has 0 bridgehead atoms. The van der Waals surface area contributed by atoms with E-state index in [1.807, 2.05) is 32.0 Å². The Kier molecular flexibility index (Phi) is 4.45. The quantitative estimate of drug-likeness (QED) is 0.882. The second-order valence-corrected chi connectivity index (χ2v) is 5.79. The highest BCUT2D eigenvalue weighted by Gasteiger charge is 2.23. The predicted molar refractivity (Wildman–Crippen MR) is 80.8 cm³/mol. The van der Waals surface area contributed by atoms with Crippen molar-refractivity contribution in [1.29, 1.82) is 0 Å². The lowest BCUT2D eigenvalue weighted by atomic mass is 9.98. The van der Waals surface area contributed by atoms with E-state index in [2.05, 4.69) is 22.5 Å². The molecule has 0 aliphatic rings. The molecule has 1 aromatic carbocycles. The largest absolute Gasteiger partial charge is 0.393 e. The van der Waals surface area contributed by atoms with Crippen LogP contribution in [0.3, 0.4) is 0 Å². The number of methoxy groups -OCH3 is 1. The Morgan fingerprint density at radius 3 is 2.70 bits per heavy atom. The Balaban J connectivity index is 2.21. The number of ether oxygens (including phenoxy) is 1. The zero-order valence-corrected chi connectivity index (χ0v) is 12.8. The molecule has 4 nitrogen and oxygen atoms in total. The van der Waals surface area contributed by atoms with Gasteiger partial charge in [-0.2, -0.15) is 0 Å². The van der Waals surface area contributed by atoms with Crippen molar-refractivity contribution in [3.8, 4) is 0 Å². The van der Waals surface area contributed by atoms with E-state index < -0.39 is 6.10 Å². The van der Waals surface area contributed by atoms with E-state index in [4.69, 9.17) is 4.74 Å². The predicted octanol–water partition coefficient (Wildman–Crippen LogP) is 2.77. The van der Waals surface area contributed by atoms with Gasteiger partial charge in [-0.1, -0.05) is 12.1 Å². The van der Waals surface area contributed by atoms with E-state index in [1.54, 1.807) is 7.11 Å². The summed E-state index contributed by atoms with van der Waals surface area (Å²) in [5.41, 5.74) is 1.80. The molecule has 0 radical (unpaired) electrons. The number of aromatic nitrogens is 2. The van der Waals surface area contributed by atoms with Crippen LogP contribution in [0.4, 0.5) is 0 Å². The van der Waals surface area contributed by atoms with Gasteiger partial charge in [0.2, 0.25) is 0 Å². The lowest BCUT2D eigenvalue weighted by Gasteiger charge is -2.25. The summed E-state index contributed by atoms with van der Waals surface area (Å²) < 4.78 is 7.54. The molecule has 0 saturated heterocycles. The number of nitrogens with zero attached hydrogens (tertiary/aromatic N) is 2. The van der Waals surface area contributed by atoms with E-state index in [9.17, 15) is 5.11 Å². The maximum Gasteiger partial charge on any atom is 0.112 e. The molecule has 20 heavy (non-hydrogen) atoms. The highest BCUT2D eigenvalue weighted by molar-refractivity contribution is 5.75. The standard InChI is InChI=1S/C16H24N2O2/c1-5-18-14-9-7-6-8-13(14)17-15(18)10-12(19)11-16(2,3)20-4/h6-9,12,19H,5,10-11H2,1-4H3. The maximum absolute atomic E-state index is 10.3. The molecule has 0 saturated carbocycles. The Hall–Kier alpha value is -1.39. The lowest BCUT2D eigenvalue weighted by Crippen LogP contribution is -2.30. The minimum atomic E-state index is -0.452. The molecular weight excluding hydrogens is 252 g/mol. The van der Waals surface area contributed by atoms with Crippen molar-refractivity contribution in [2.75, 3.05) is 7.11 Å². The molecule has 0 spiro atoms. The van der Waals surface area contributed by atoms with E-state index in [1.165, 1.54) is 0 Å². The average molecular weight is 276 g/mol. The van der Waals surface area contributed by atoms with Gasteiger partial charge in [-0.15, -0.1) is 0 Å². The van der Waals surface area contributed by atoms with Gasteiger partial charge >= 0.3 is 0 Å². The van der Waals surface area contributed by atoms with E-state index in [0.29, 0.717) is 12.8 Å². The first-order valence-corrected chi connectivity index (χ1v) is 7.14. The number of hydrogen-bond acceptors (Lipinski definition) is 3. The molecule has 110 valence electrons. The number of fused-ring (bicyclic) bond motifs is 1. The zero-order chi connectivity index (χ0) is 14.8. The normalized spacial score (nSPS) is 13.8. The SMILES string of the molecule is CCn1c(CC(O)CC(C)(C)OC)nc2ccccc21. The first kappa shape index (κ1) is 15.0. The summed E-state index contributed by atoms with van der Waals surface area (Å²) in [7, 11) is 1.67. The Bertz CT molecular complexity index is 575. The molecule has 2 rings (SSSR count). The molecule has 1 heterocycles. The van der Waals surface area contributed by atoms with Crippen molar-refractivity contribution in [3.05, 3.63) is 30.1 Å². The van der Waals surface area contributed by atoms with Crippen molar-refractivity contribution >= 4 is 11.0 Å². The topological polar surface area (TPSA) is 47.3 Å². The summed E-state index contributed by atoms with van der Waals surface area (Å²) in [4.78, 5) is 4.64. The van der Waals surface area contributed by atoms with Crippen LogP contribution in [-0.2, 0) is 17.7 Å². The fourth-order valence-corrected chi connectivity index (χ4v) is 2.57. The van der Waals surface area contributed by atoms with E-state index in [0.717, 1.165) is 23.4 Å². The van der Waals surface area contributed by atoms with Crippen LogP contribution in [0.2, 0.25) is 0 Å². The highest BCUT2D eigenvalue weighted by Crippen LogP contribution is 2.21. The molecule has 1 aromatic heterocycles. The summed E-state index contributed by atoms with van der Waals surface area (Å²) in [5, 5.41) is 10.3. The van der Waals surface area contributed by atoms with Crippen molar-refractivity contribution < 1.29 is 9.84 Å². The number of imidazole rings is 1. The average Bonchev–Trinajstić information content (AvgIpc) is 2.74. The van der Waals surface area contributed by atoms with Crippen LogP contribution < -0.4 is 0 Å². The van der Waals surface area contributed by atoms with Crippen LogP contribution in [0.25, 0.3) is 11.0 Å². The summed E-state index contributed by atoms with van der Waals surface area (Å²) in [6.07, 6.45) is 0.693. The maximum atomic E-state index is 10.3. The van der Waals surface area contributed by atoms with Crippen LogP contribution in [0, 0.1) is 0 Å². The van der Waals surface area contributed by atoms with Crippen molar-refractivity contribution in [2.24, 2.45) is 0 Å². The van der Waals surface area contributed by atoms with Crippen LogP contribution in [0.15, 0.2) is 24.3 Å². The first-order valence-electron chi connectivity index (χ1n) is 7.14. The number of aryl methyl sites for hydroxylation is 1. The van der Waals surface area contributed by atoms with Crippen molar-refractivity contribution in [1.82, 2.24) is 9.55 Å². The van der Waals surface area contributed by atoms with Gasteiger partial charge in [0.1, 0.15) is 5.82 Å². The van der Waals surface area contributed by atoms with Crippen molar-refractivity contribution in [2.45, 2.75) is 51.9 Å². The third-order valence-electron chi connectivity index (χ3n) is 3.75. The van der Waals surface area contributed by atoms with Gasteiger partial charge < -0.3 is 14.4 Å². The van der Waals surface area contributed by atoms with E-state index >= 15 is 0 Å². The second kappa shape index (κ2) is 5.94. The summed E-state index contributed by atoms with van der Waals surface area (Å²) in [6, 6.07) is 8.09. The molecule has 0 aliphatic heterocycles. The Labute approximate surface area is 120 Å². The van der Waals surface area contributed by atoms with Crippen molar-refractivity contribution in [3.63, 3.8) is 0 Å². The number of benzene rings is 1. The summed E-state index contributed by atoms with van der Waals surface area (Å²) >= 11 is 0. The molecule has 0 fully saturated rings. The zero-order valence-electron chi connectivity index (χ0n) is 12.8. The Morgan fingerprint density at radius 1 is 1.35 bits per heavy atom. The molecule has 1 unspecified atom stereocenters. The third-order valence-corrected chi connectivity index (χ3v) is 3.75. The summed E-state index contributed by atoms with van der Waals surface area (Å²) in [5.74, 6) is 0.938. The van der Waals surface area contributed by atoms with Gasteiger partial charge in [-0.25, -0.2) is 4.98 Å². The summed E-state index contributed by atoms with van der Waals surface area (Å²) in [6.45, 7) is 6.93. The second-order valence-electron chi connectivity index (χ2n) is 5.79. The minimum Gasteiger partial charge on any atom is -0.393 e. The monoisotopic (exact) mass is 276 g/mol. The van der Waals surface area contributed by atoms with Crippen LogP contribution in [-0.4, -0.2) is 33.5 Å². The highest BCUT2D eigenvalue weighted by atomic mass is 16.5. The van der Waals surface area contributed by atoms with Crippen LogP contribution in [0.1, 0.15) is 33.0 Å². The number of aliphatic hydroxyl groups is 1. The molecule has 1 N–H and O–H groups in total. The molecule has 2 aromatic rings. The fourth-order valence-electron chi connectivity index (χ4n) is 2.57. The third kappa shape index (κ3) is 3.19. The van der Waals surface area contributed by atoms with Gasteiger partial charge in [0.15, 0.2) is 0 Å². The molecule has 0 amide bonds. The smallest absolute Gasteiger partial charge is 0.112 e. The van der Waals surface area contributed by atoms with Crippen LogP contribution in [0.5, 0.6) is 0 Å².